The number of hydrogen-bond donors (Lipinski definition) is 2. The van der Waals surface area contributed by atoms with E-state index in [1.807, 2.05) is 0 Å². The number of carbonyl (C=O) groups is 1. The molecule has 13 heavy (non-hydrogen) atoms. The fourth-order valence-electron chi connectivity index (χ4n) is 2.66. The van der Waals surface area contributed by atoms with Crippen LogP contribution in [0, 0.1) is 11.8 Å². The molecule has 0 spiro atoms. The van der Waals surface area contributed by atoms with Gasteiger partial charge in [-0.1, -0.05) is 13.8 Å². The van der Waals surface area contributed by atoms with E-state index < -0.39 is 0 Å². The van der Waals surface area contributed by atoms with E-state index in [0.717, 1.165) is 13.0 Å². The number of fused-ring (bicyclic) bond motifs is 1. The Morgan fingerprint density at radius 3 is 2.92 bits per heavy atom. The van der Waals surface area contributed by atoms with E-state index in [2.05, 4.69) is 24.5 Å². The van der Waals surface area contributed by atoms with E-state index >= 15 is 0 Å². The summed E-state index contributed by atoms with van der Waals surface area (Å²) in [6, 6.07) is 0.999. The SMILES string of the molecule is CC(C)C1NCC2NC(=O)CCC21. The number of nitrogens with one attached hydrogen (secondary N) is 2. The van der Waals surface area contributed by atoms with Crippen LogP contribution in [-0.2, 0) is 4.79 Å². The van der Waals surface area contributed by atoms with Gasteiger partial charge in [-0.15, -0.1) is 0 Å². The molecule has 2 rings (SSSR count). The number of hydrogen-bond acceptors (Lipinski definition) is 2. The minimum Gasteiger partial charge on any atom is -0.352 e. The highest BCUT2D eigenvalue weighted by atomic mass is 16.1. The highest BCUT2D eigenvalue weighted by Gasteiger charge is 2.40. The van der Waals surface area contributed by atoms with Gasteiger partial charge in [-0.3, -0.25) is 4.79 Å². The first-order valence-electron chi connectivity index (χ1n) is 5.21. The van der Waals surface area contributed by atoms with Crippen LogP contribution in [0.5, 0.6) is 0 Å². The summed E-state index contributed by atoms with van der Waals surface area (Å²) in [4.78, 5) is 11.1. The van der Waals surface area contributed by atoms with Crippen molar-refractivity contribution in [2.24, 2.45) is 11.8 Å². The summed E-state index contributed by atoms with van der Waals surface area (Å²) in [5.74, 6) is 1.56. The first-order valence-corrected chi connectivity index (χ1v) is 5.21. The zero-order valence-corrected chi connectivity index (χ0v) is 8.34. The van der Waals surface area contributed by atoms with Crippen LogP contribution >= 0.6 is 0 Å². The van der Waals surface area contributed by atoms with Gasteiger partial charge in [0, 0.05) is 25.0 Å². The lowest BCUT2D eigenvalue weighted by Gasteiger charge is -2.30. The molecule has 1 amide bonds. The summed E-state index contributed by atoms with van der Waals surface area (Å²) in [6.07, 6.45) is 1.78. The quantitative estimate of drug-likeness (QED) is 0.620. The maximum Gasteiger partial charge on any atom is 0.220 e. The van der Waals surface area contributed by atoms with Crippen LogP contribution in [0.2, 0.25) is 0 Å². The van der Waals surface area contributed by atoms with Crippen molar-refractivity contribution in [1.29, 1.82) is 0 Å². The highest BCUT2D eigenvalue weighted by molar-refractivity contribution is 5.77. The van der Waals surface area contributed by atoms with Gasteiger partial charge in [-0.05, 0) is 18.3 Å². The Bertz CT molecular complexity index is 215. The van der Waals surface area contributed by atoms with Crippen molar-refractivity contribution in [3.8, 4) is 0 Å². The fourth-order valence-corrected chi connectivity index (χ4v) is 2.66. The van der Waals surface area contributed by atoms with Crippen molar-refractivity contribution < 1.29 is 4.79 Å². The Morgan fingerprint density at radius 2 is 2.23 bits per heavy atom. The van der Waals surface area contributed by atoms with Gasteiger partial charge in [0.1, 0.15) is 0 Å². The Hall–Kier alpha value is -0.570. The zero-order chi connectivity index (χ0) is 9.42. The summed E-state index contributed by atoms with van der Waals surface area (Å²) in [6.45, 7) is 5.45. The third-order valence-corrected chi connectivity index (χ3v) is 3.32. The average molecular weight is 182 g/mol. The molecule has 2 heterocycles. The Kier molecular flexibility index (Phi) is 2.28. The van der Waals surface area contributed by atoms with Crippen LogP contribution in [-0.4, -0.2) is 24.5 Å². The molecule has 2 N–H and O–H groups in total. The average Bonchev–Trinajstić information content (AvgIpc) is 2.46. The lowest BCUT2D eigenvalue weighted by Crippen LogP contribution is -2.46. The molecule has 0 radical (unpaired) electrons. The first-order chi connectivity index (χ1) is 6.18. The number of carbonyl (C=O) groups excluding carboxylic acids is 1. The highest BCUT2D eigenvalue weighted by Crippen LogP contribution is 2.29. The third kappa shape index (κ3) is 1.57. The standard InChI is InChI=1S/C10H18N2O/c1-6(2)10-7-3-4-9(13)12-8(7)5-11-10/h6-8,10-11H,3-5H2,1-2H3,(H,12,13). The fraction of sp³-hybridized carbons (Fsp3) is 0.900. The summed E-state index contributed by atoms with van der Waals surface area (Å²) in [5, 5.41) is 6.57. The van der Waals surface area contributed by atoms with Crippen LogP contribution in [0.25, 0.3) is 0 Å². The molecule has 3 nitrogen and oxygen atoms in total. The van der Waals surface area contributed by atoms with E-state index in [0.29, 0.717) is 30.3 Å². The third-order valence-electron chi connectivity index (χ3n) is 3.32. The second kappa shape index (κ2) is 3.29. The van der Waals surface area contributed by atoms with Crippen LogP contribution in [0.15, 0.2) is 0 Å². The van der Waals surface area contributed by atoms with Crippen molar-refractivity contribution >= 4 is 5.91 Å². The van der Waals surface area contributed by atoms with Gasteiger partial charge < -0.3 is 10.6 Å². The van der Waals surface area contributed by atoms with Crippen LogP contribution in [0.3, 0.4) is 0 Å². The Morgan fingerprint density at radius 1 is 1.46 bits per heavy atom. The maximum absolute atomic E-state index is 11.1. The van der Waals surface area contributed by atoms with E-state index in [1.165, 1.54) is 0 Å². The lowest BCUT2D eigenvalue weighted by molar-refractivity contribution is -0.124. The predicted molar refractivity (Wildman–Crippen MR) is 51.3 cm³/mol. The second-order valence-corrected chi connectivity index (χ2v) is 4.55. The molecule has 0 aromatic heterocycles. The lowest BCUT2D eigenvalue weighted by atomic mass is 9.83. The molecule has 0 aromatic rings. The van der Waals surface area contributed by atoms with Crippen molar-refractivity contribution in [1.82, 2.24) is 10.6 Å². The molecular formula is C10H18N2O. The van der Waals surface area contributed by atoms with Crippen LogP contribution < -0.4 is 10.6 Å². The first kappa shape index (κ1) is 9.00. The van der Waals surface area contributed by atoms with E-state index in [1.54, 1.807) is 0 Å². The minimum absolute atomic E-state index is 0.229. The number of piperidine rings is 1. The van der Waals surface area contributed by atoms with Crippen LogP contribution in [0.4, 0.5) is 0 Å². The molecule has 3 unspecified atom stereocenters. The smallest absolute Gasteiger partial charge is 0.220 e. The molecule has 3 heteroatoms. The van der Waals surface area contributed by atoms with Gasteiger partial charge in [0.2, 0.25) is 5.91 Å². The van der Waals surface area contributed by atoms with Gasteiger partial charge >= 0.3 is 0 Å². The van der Waals surface area contributed by atoms with Crippen molar-refractivity contribution in [3.05, 3.63) is 0 Å². The molecular weight excluding hydrogens is 164 g/mol. The molecule has 0 bridgehead atoms. The minimum atomic E-state index is 0.229. The monoisotopic (exact) mass is 182 g/mol. The maximum atomic E-state index is 11.1. The number of amides is 1. The molecule has 0 aliphatic carbocycles. The van der Waals surface area contributed by atoms with Gasteiger partial charge in [-0.25, -0.2) is 0 Å². The van der Waals surface area contributed by atoms with Gasteiger partial charge in [-0.2, -0.15) is 0 Å². The summed E-state index contributed by atoms with van der Waals surface area (Å²) < 4.78 is 0. The van der Waals surface area contributed by atoms with Crippen molar-refractivity contribution in [2.75, 3.05) is 6.54 Å². The topological polar surface area (TPSA) is 41.1 Å². The summed E-state index contributed by atoms with van der Waals surface area (Å²) in [5.41, 5.74) is 0. The normalized spacial score (nSPS) is 39.0. The van der Waals surface area contributed by atoms with Crippen molar-refractivity contribution in [2.45, 2.75) is 38.8 Å². The zero-order valence-electron chi connectivity index (χ0n) is 8.34. The van der Waals surface area contributed by atoms with E-state index in [-0.39, 0.29) is 5.91 Å². The largest absolute Gasteiger partial charge is 0.352 e. The van der Waals surface area contributed by atoms with E-state index in [9.17, 15) is 4.79 Å². The van der Waals surface area contributed by atoms with Crippen molar-refractivity contribution in [3.63, 3.8) is 0 Å². The van der Waals surface area contributed by atoms with E-state index in [4.69, 9.17) is 0 Å². The Labute approximate surface area is 79.3 Å². The summed E-state index contributed by atoms with van der Waals surface area (Å²) in [7, 11) is 0. The molecule has 74 valence electrons. The molecule has 2 saturated heterocycles. The summed E-state index contributed by atoms with van der Waals surface area (Å²) >= 11 is 0. The molecule has 0 saturated carbocycles. The van der Waals surface area contributed by atoms with Gasteiger partial charge in [0.15, 0.2) is 0 Å². The molecule has 2 fully saturated rings. The molecule has 0 aromatic carbocycles. The molecule has 2 aliphatic rings. The second-order valence-electron chi connectivity index (χ2n) is 4.55. The molecule has 2 aliphatic heterocycles. The Balaban J connectivity index is 2.04. The van der Waals surface area contributed by atoms with Gasteiger partial charge in [0.05, 0.1) is 0 Å². The predicted octanol–water partition coefficient (Wildman–Crippen LogP) is 0.509. The van der Waals surface area contributed by atoms with Gasteiger partial charge in [0.25, 0.3) is 0 Å². The number of rotatable bonds is 1. The molecule has 3 atom stereocenters. The van der Waals surface area contributed by atoms with Crippen LogP contribution in [0.1, 0.15) is 26.7 Å².